The van der Waals surface area contributed by atoms with Crippen molar-refractivity contribution in [3.8, 4) is 0 Å². The molecule has 0 aromatic heterocycles. The predicted octanol–water partition coefficient (Wildman–Crippen LogP) is 4.53. The molecule has 0 aliphatic heterocycles. The molecule has 0 fully saturated rings. The van der Waals surface area contributed by atoms with Crippen molar-refractivity contribution in [2.75, 3.05) is 18.8 Å². The Morgan fingerprint density at radius 2 is 2.00 bits per heavy atom. The molecule has 0 saturated heterocycles. The van der Waals surface area contributed by atoms with Crippen LogP contribution in [0, 0.1) is 0 Å². The highest BCUT2D eigenvalue weighted by Crippen LogP contribution is 2.26. The van der Waals surface area contributed by atoms with Crippen LogP contribution in [0.1, 0.15) is 32.4 Å². The summed E-state index contributed by atoms with van der Waals surface area (Å²) in [5.41, 5.74) is 0.843. The number of halogens is 2. The average molecular weight is 379 g/mol. The molecule has 0 bridgehead atoms. The minimum atomic E-state index is -0.181. The van der Waals surface area contributed by atoms with Crippen LogP contribution in [-0.2, 0) is 4.79 Å². The van der Waals surface area contributed by atoms with Crippen LogP contribution in [0.15, 0.2) is 18.2 Å². The van der Waals surface area contributed by atoms with E-state index in [1.54, 1.807) is 12.1 Å². The molecule has 0 heterocycles. The normalized spacial score (nSPS) is 11.9. The van der Waals surface area contributed by atoms with Gasteiger partial charge >= 0.3 is 0 Å². The highest BCUT2D eigenvalue weighted by Gasteiger charge is 2.14. The summed E-state index contributed by atoms with van der Waals surface area (Å²) < 4.78 is 0.748. The second-order valence-corrected chi connectivity index (χ2v) is 7.13. The van der Waals surface area contributed by atoms with Crippen LogP contribution in [-0.4, -0.2) is 34.0 Å². The lowest BCUT2D eigenvalue weighted by atomic mass is 10.1. The van der Waals surface area contributed by atoms with Crippen molar-refractivity contribution >= 4 is 57.4 Å². The SMILES string of the molecule is CCN(CC)C(=S)SCC(=O)N[C@H](C)c1ccc(Cl)cc1Cl. The predicted molar refractivity (Wildman–Crippen MR) is 101 cm³/mol. The molecular weight excluding hydrogens is 359 g/mol. The highest BCUT2D eigenvalue weighted by molar-refractivity contribution is 8.23. The van der Waals surface area contributed by atoms with Crippen molar-refractivity contribution in [3.05, 3.63) is 33.8 Å². The summed E-state index contributed by atoms with van der Waals surface area (Å²) in [5.74, 6) is 0.225. The van der Waals surface area contributed by atoms with Crippen LogP contribution in [0.4, 0.5) is 0 Å². The quantitative estimate of drug-likeness (QED) is 0.736. The molecule has 7 heteroatoms. The van der Waals surface area contributed by atoms with Gasteiger partial charge in [0.15, 0.2) is 0 Å². The number of amides is 1. The van der Waals surface area contributed by atoms with E-state index in [0.29, 0.717) is 15.8 Å². The smallest absolute Gasteiger partial charge is 0.230 e. The topological polar surface area (TPSA) is 32.3 Å². The summed E-state index contributed by atoms with van der Waals surface area (Å²) in [6.07, 6.45) is 0. The first-order valence-electron chi connectivity index (χ1n) is 7.05. The van der Waals surface area contributed by atoms with Gasteiger partial charge in [0.2, 0.25) is 5.91 Å². The molecule has 1 aromatic rings. The summed E-state index contributed by atoms with van der Waals surface area (Å²) in [4.78, 5) is 14.1. The molecule has 0 aliphatic rings. The maximum atomic E-state index is 12.0. The Kier molecular flexibility index (Phi) is 8.54. The Labute approximate surface area is 151 Å². The molecule has 1 amide bonds. The van der Waals surface area contributed by atoms with Crippen molar-refractivity contribution < 1.29 is 4.79 Å². The van der Waals surface area contributed by atoms with E-state index < -0.39 is 0 Å². The van der Waals surface area contributed by atoms with Crippen LogP contribution in [0.5, 0.6) is 0 Å². The van der Waals surface area contributed by atoms with E-state index in [-0.39, 0.29) is 11.9 Å². The molecule has 0 radical (unpaired) electrons. The van der Waals surface area contributed by atoms with E-state index in [1.165, 1.54) is 11.8 Å². The number of carbonyl (C=O) groups excluding carboxylic acids is 1. The van der Waals surface area contributed by atoms with Crippen molar-refractivity contribution in [1.82, 2.24) is 10.2 Å². The molecule has 0 aliphatic carbocycles. The molecule has 1 atom stereocenters. The minimum Gasteiger partial charge on any atom is -0.358 e. The maximum absolute atomic E-state index is 12.0. The number of carbonyl (C=O) groups is 1. The Morgan fingerprint density at radius 3 is 2.55 bits per heavy atom. The molecule has 1 rings (SSSR count). The molecule has 1 aromatic carbocycles. The summed E-state index contributed by atoms with van der Waals surface area (Å²) >= 11 is 18.7. The Morgan fingerprint density at radius 1 is 1.36 bits per heavy atom. The van der Waals surface area contributed by atoms with Crippen molar-refractivity contribution in [3.63, 3.8) is 0 Å². The van der Waals surface area contributed by atoms with E-state index >= 15 is 0 Å². The fourth-order valence-corrected chi connectivity index (χ4v) is 3.70. The number of nitrogens with zero attached hydrogens (tertiary/aromatic N) is 1. The van der Waals surface area contributed by atoms with Crippen LogP contribution in [0.25, 0.3) is 0 Å². The Hall–Kier alpha value is -0.490. The number of thioether (sulfide) groups is 1. The van der Waals surface area contributed by atoms with E-state index in [0.717, 1.165) is 23.0 Å². The van der Waals surface area contributed by atoms with Gasteiger partial charge in [0, 0.05) is 23.1 Å². The van der Waals surface area contributed by atoms with Gasteiger partial charge in [-0.2, -0.15) is 0 Å². The maximum Gasteiger partial charge on any atom is 0.230 e. The standard InChI is InChI=1S/C15H20Cl2N2OS2/c1-4-19(5-2)15(21)22-9-14(20)18-10(3)12-7-6-11(16)8-13(12)17/h6-8,10H,4-5,9H2,1-3H3,(H,18,20)/t10-/m1/s1. The minimum absolute atomic E-state index is 0.0713. The van der Waals surface area contributed by atoms with E-state index in [4.69, 9.17) is 35.4 Å². The lowest BCUT2D eigenvalue weighted by molar-refractivity contribution is -0.119. The summed E-state index contributed by atoms with van der Waals surface area (Å²) in [6.45, 7) is 7.67. The van der Waals surface area contributed by atoms with Crippen molar-refractivity contribution in [2.45, 2.75) is 26.8 Å². The molecule has 122 valence electrons. The number of benzene rings is 1. The first kappa shape index (κ1) is 19.6. The fraction of sp³-hybridized carbons (Fsp3) is 0.467. The lowest BCUT2D eigenvalue weighted by Gasteiger charge is -2.21. The third kappa shape index (κ3) is 5.95. The molecular formula is C15H20Cl2N2OS2. The molecule has 1 N–H and O–H groups in total. The second kappa shape index (κ2) is 9.60. The van der Waals surface area contributed by atoms with Gasteiger partial charge in [0.25, 0.3) is 0 Å². The highest BCUT2D eigenvalue weighted by atomic mass is 35.5. The second-order valence-electron chi connectivity index (χ2n) is 4.68. The van der Waals surface area contributed by atoms with Gasteiger partial charge in [0.05, 0.1) is 11.8 Å². The number of thiocarbonyl (C=S) groups is 1. The third-order valence-corrected chi connectivity index (χ3v) is 5.24. The Bertz CT molecular complexity index is 536. The number of nitrogens with one attached hydrogen (secondary N) is 1. The van der Waals surface area contributed by atoms with Gasteiger partial charge < -0.3 is 10.2 Å². The number of rotatable bonds is 6. The largest absolute Gasteiger partial charge is 0.358 e. The van der Waals surface area contributed by atoms with Gasteiger partial charge in [-0.05, 0) is 38.5 Å². The van der Waals surface area contributed by atoms with Gasteiger partial charge in [-0.25, -0.2) is 0 Å². The Balaban J connectivity index is 2.52. The fourth-order valence-electron chi connectivity index (χ4n) is 1.91. The average Bonchev–Trinajstić information content (AvgIpc) is 2.46. The zero-order valence-electron chi connectivity index (χ0n) is 12.9. The first-order valence-corrected chi connectivity index (χ1v) is 9.20. The van der Waals surface area contributed by atoms with E-state index in [9.17, 15) is 4.79 Å². The van der Waals surface area contributed by atoms with Crippen LogP contribution < -0.4 is 5.32 Å². The molecule has 22 heavy (non-hydrogen) atoms. The van der Waals surface area contributed by atoms with E-state index in [1.807, 2.05) is 31.7 Å². The zero-order chi connectivity index (χ0) is 16.7. The molecule has 0 saturated carbocycles. The van der Waals surface area contributed by atoms with E-state index in [2.05, 4.69) is 5.32 Å². The van der Waals surface area contributed by atoms with Crippen molar-refractivity contribution in [2.24, 2.45) is 0 Å². The third-order valence-electron chi connectivity index (χ3n) is 3.15. The zero-order valence-corrected chi connectivity index (χ0v) is 16.0. The van der Waals surface area contributed by atoms with Gasteiger partial charge in [-0.3, -0.25) is 4.79 Å². The van der Waals surface area contributed by atoms with Crippen LogP contribution >= 0.6 is 47.2 Å². The summed E-state index contributed by atoms with van der Waals surface area (Å²) in [7, 11) is 0. The first-order chi connectivity index (χ1) is 10.4. The van der Waals surface area contributed by atoms with Gasteiger partial charge in [-0.1, -0.05) is 53.2 Å². The molecule has 0 spiro atoms. The molecule has 0 unspecified atom stereocenters. The van der Waals surface area contributed by atoms with Crippen molar-refractivity contribution in [1.29, 1.82) is 0 Å². The lowest BCUT2D eigenvalue weighted by Crippen LogP contribution is -2.31. The van der Waals surface area contributed by atoms with Crippen LogP contribution in [0.3, 0.4) is 0 Å². The van der Waals surface area contributed by atoms with Gasteiger partial charge in [0.1, 0.15) is 4.32 Å². The van der Waals surface area contributed by atoms with Crippen LogP contribution in [0.2, 0.25) is 10.0 Å². The summed E-state index contributed by atoms with van der Waals surface area (Å²) in [6, 6.07) is 5.07. The molecule has 3 nitrogen and oxygen atoms in total. The number of hydrogen-bond donors (Lipinski definition) is 1. The monoisotopic (exact) mass is 378 g/mol. The summed E-state index contributed by atoms with van der Waals surface area (Å²) in [5, 5.41) is 4.05. The number of hydrogen-bond acceptors (Lipinski definition) is 3. The van der Waals surface area contributed by atoms with Gasteiger partial charge in [-0.15, -0.1) is 0 Å².